The first-order valence-corrected chi connectivity index (χ1v) is 7.46. The average molecular weight is 261 g/mol. The van der Waals surface area contributed by atoms with Gasteiger partial charge in [-0.3, -0.25) is 4.98 Å². The summed E-state index contributed by atoms with van der Waals surface area (Å²) in [6.07, 6.45) is 5.16. The Hall–Kier alpha value is -1.42. The smallest absolute Gasteiger partial charge is 0.0951 e. The average Bonchev–Trinajstić information content (AvgIpc) is 2.39. The minimum atomic E-state index is 0.742. The van der Waals surface area contributed by atoms with Crippen LogP contribution in [0.5, 0.6) is 0 Å². The molecule has 0 spiro atoms. The first-order chi connectivity index (χ1) is 8.74. The number of pyridine rings is 1. The summed E-state index contributed by atoms with van der Waals surface area (Å²) in [5.74, 6) is 1.19. The third-order valence-corrected chi connectivity index (χ3v) is 3.73. The molecule has 2 aromatic rings. The number of thioether (sulfide) groups is 1. The third-order valence-electron chi connectivity index (χ3n) is 3.03. The Bertz CT molecular complexity index is 527. The van der Waals surface area contributed by atoms with Gasteiger partial charge in [-0.2, -0.15) is 11.8 Å². The van der Waals surface area contributed by atoms with E-state index < -0.39 is 0 Å². The summed E-state index contributed by atoms with van der Waals surface area (Å²) in [7, 11) is 2.12. The van der Waals surface area contributed by atoms with E-state index in [0.717, 1.165) is 23.1 Å². The first kappa shape index (κ1) is 13.0. The molecule has 1 heterocycles. The maximum absolute atomic E-state index is 5.96. The lowest BCUT2D eigenvalue weighted by atomic mass is 10.1. The van der Waals surface area contributed by atoms with Gasteiger partial charge >= 0.3 is 0 Å². The van der Waals surface area contributed by atoms with Gasteiger partial charge in [0.1, 0.15) is 0 Å². The lowest BCUT2D eigenvalue weighted by Crippen LogP contribution is -2.19. The lowest BCUT2D eigenvalue weighted by Gasteiger charge is -2.21. The monoisotopic (exact) mass is 261 g/mol. The quantitative estimate of drug-likeness (QED) is 0.663. The second-order valence-electron chi connectivity index (χ2n) is 4.34. The summed E-state index contributed by atoms with van der Waals surface area (Å²) in [6, 6.07) is 8.02. The maximum atomic E-state index is 5.96. The van der Waals surface area contributed by atoms with Gasteiger partial charge in [-0.1, -0.05) is 12.1 Å². The van der Waals surface area contributed by atoms with Gasteiger partial charge in [-0.05, 0) is 30.6 Å². The molecule has 0 aliphatic heterocycles. The number of hydrogen-bond acceptors (Lipinski definition) is 4. The van der Waals surface area contributed by atoms with Gasteiger partial charge in [0.2, 0.25) is 0 Å². The van der Waals surface area contributed by atoms with Crippen LogP contribution in [-0.2, 0) is 0 Å². The molecule has 3 nitrogen and oxygen atoms in total. The molecule has 0 unspecified atom stereocenters. The minimum absolute atomic E-state index is 0.742. The molecule has 1 aromatic heterocycles. The highest BCUT2D eigenvalue weighted by atomic mass is 32.2. The van der Waals surface area contributed by atoms with Crippen LogP contribution in [0.25, 0.3) is 10.9 Å². The molecule has 0 amide bonds. The predicted octanol–water partition coefficient (Wildman–Crippen LogP) is 3.01. The Labute approximate surface area is 112 Å². The van der Waals surface area contributed by atoms with Crippen molar-refractivity contribution in [2.45, 2.75) is 6.42 Å². The van der Waals surface area contributed by atoms with Gasteiger partial charge in [0.05, 0.1) is 11.2 Å². The number of para-hydroxylation sites is 1. The summed E-state index contributed by atoms with van der Waals surface area (Å²) in [6.45, 7) is 1.05. The Kier molecular flexibility index (Phi) is 4.31. The molecule has 0 saturated carbocycles. The van der Waals surface area contributed by atoms with Gasteiger partial charge in [-0.15, -0.1) is 0 Å². The SMILES string of the molecule is CSCCCN(C)c1ccnc2c(N)cccc12. The second kappa shape index (κ2) is 5.96. The maximum Gasteiger partial charge on any atom is 0.0951 e. The van der Waals surface area contributed by atoms with Crippen LogP contribution in [-0.4, -0.2) is 30.6 Å². The Morgan fingerprint density at radius 3 is 2.94 bits per heavy atom. The van der Waals surface area contributed by atoms with E-state index in [2.05, 4.69) is 35.3 Å². The van der Waals surface area contributed by atoms with Crippen LogP contribution in [0.1, 0.15) is 6.42 Å². The van der Waals surface area contributed by atoms with Crippen LogP contribution >= 0.6 is 11.8 Å². The number of nitrogens with two attached hydrogens (primary N) is 1. The number of rotatable bonds is 5. The van der Waals surface area contributed by atoms with Gasteiger partial charge in [0.25, 0.3) is 0 Å². The van der Waals surface area contributed by atoms with Crippen LogP contribution in [0.15, 0.2) is 30.5 Å². The fourth-order valence-electron chi connectivity index (χ4n) is 2.08. The topological polar surface area (TPSA) is 42.2 Å². The van der Waals surface area contributed by atoms with Gasteiger partial charge in [-0.25, -0.2) is 0 Å². The van der Waals surface area contributed by atoms with Crippen LogP contribution < -0.4 is 10.6 Å². The highest BCUT2D eigenvalue weighted by Crippen LogP contribution is 2.27. The zero-order chi connectivity index (χ0) is 13.0. The van der Waals surface area contributed by atoms with Crippen molar-refractivity contribution in [3.05, 3.63) is 30.5 Å². The molecular weight excluding hydrogens is 242 g/mol. The number of fused-ring (bicyclic) bond motifs is 1. The van der Waals surface area contributed by atoms with Crippen LogP contribution in [0.2, 0.25) is 0 Å². The Morgan fingerprint density at radius 2 is 2.17 bits per heavy atom. The molecule has 0 bridgehead atoms. The summed E-state index contributed by atoms with van der Waals surface area (Å²) in [5, 5.41) is 1.13. The minimum Gasteiger partial charge on any atom is -0.397 e. The van der Waals surface area contributed by atoms with E-state index in [0.29, 0.717) is 0 Å². The Balaban J connectivity index is 2.30. The van der Waals surface area contributed by atoms with E-state index in [-0.39, 0.29) is 0 Å². The predicted molar refractivity (Wildman–Crippen MR) is 82.4 cm³/mol. The Morgan fingerprint density at radius 1 is 1.33 bits per heavy atom. The number of nitrogens with zero attached hydrogens (tertiary/aromatic N) is 2. The normalized spacial score (nSPS) is 10.8. The fraction of sp³-hybridized carbons (Fsp3) is 0.357. The second-order valence-corrected chi connectivity index (χ2v) is 5.33. The van der Waals surface area contributed by atoms with Gasteiger partial charge in [0.15, 0.2) is 0 Å². The van der Waals surface area contributed by atoms with Gasteiger partial charge in [0, 0.05) is 30.9 Å². The molecule has 0 aliphatic rings. The van der Waals surface area contributed by atoms with Crippen molar-refractivity contribution in [2.24, 2.45) is 0 Å². The zero-order valence-corrected chi connectivity index (χ0v) is 11.7. The van der Waals surface area contributed by atoms with Crippen molar-refractivity contribution in [3.8, 4) is 0 Å². The molecule has 1 aromatic carbocycles. The van der Waals surface area contributed by atoms with E-state index in [9.17, 15) is 0 Å². The summed E-state index contributed by atoms with van der Waals surface area (Å²) < 4.78 is 0. The molecule has 18 heavy (non-hydrogen) atoms. The van der Waals surface area contributed by atoms with E-state index >= 15 is 0 Å². The molecule has 0 atom stereocenters. The summed E-state index contributed by atoms with van der Waals surface area (Å²) in [5.41, 5.74) is 8.80. The van der Waals surface area contributed by atoms with Crippen molar-refractivity contribution in [1.29, 1.82) is 0 Å². The third kappa shape index (κ3) is 2.70. The van der Waals surface area contributed by atoms with E-state index in [1.165, 1.54) is 17.9 Å². The molecule has 0 aliphatic carbocycles. The van der Waals surface area contributed by atoms with Crippen LogP contribution in [0, 0.1) is 0 Å². The number of hydrogen-bond donors (Lipinski definition) is 1. The lowest BCUT2D eigenvalue weighted by molar-refractivity contribution is 0.863. The number of nitrogen functional groups attached to an aromatic ring is 1. The fourth-order valence-corrected chi connectivity index (χ4v) is 2.50. The highest BCUT2D eigenvalue weighted by molar-refractivity contribution is 7.98. The summed E-state index contributed by atoms with van der Waals surface area (Å²) in [4.78, 5) is 6.64. The van der Waals surface area contributed by atoms with Crippen molar-refractivity contribution in [3.63, 3.8) is 0 Å². The number of aromatic nitrogens is 1. The summed E-state index contributed by atoms with van der Waals surface area (Å²) >= 11 is 1.89. The molecular formula is C14H19N3S. The highest BCUT2D eigenvalue weighted by Gasteiger charge is 2.07. The van der Waals surface area contributed by atoms with Crippen molar-refractivity contribution >= 4 is 34.0 Å². The molecule has 96 valence electrons. The molecule has 0 radical (unpaired) electrons. The van der Waals surface area contributed by atoms with E-state index in [4.69, 9.17) is 5.73 Å². The molecule has 2 N–H and O–H groups in total. The molecule has 4 heteroatoms. The van der Waals surface area contributed by atoms with Crippen LogP contribution in [0.3, 0.4) is 0 Å². The molecule has 2 rings (SSSR count). The zero-order valence-electron chi connectivity index (χ0n) is 10.9. The van der Waals surface area contributed by atoms with Crippen LogP contribution in [0.4, 0.5) is 11.4 Å². The standard InChI is InChI=1S/C14H19N3S/c1-17(9-4-10-18-2)13-7-8-16-14-11(13)5-3-6-12(14)15/h3,5-8H,4,9-10,15H2,1-2H3. The van der Waals surface area contributed by atoms with Crippen molar-refractivity contribution < 1.29 is 0 Å². The van der Waals surface area contributed by atoms with Gasteiger partial charge < -0.3 is 10.6 Å². The van der Waals surface area contributed by atoms with Crippen molar-refractivity contribution in [1.82, 2.24) is 4.98 Å². The van der Waals surface area contributed by atoms with E-state index in [1.807, 2.05) is 30.1 Å². The van der Waals surface area contributed by atoms with Crippen molar-refractivity contribution in [2.75, 3.05) is 36.2 Å². The largest absolute Gasteiger partial charge is 0.397 e. The number of benzene rings is 1. The molecule has 0 saturated heterocycles. The number of anilines is 2. The first-order valence-electron chi connectivity index (χ1n) is 6.07. The van der Waals surface area contributed by atoms with E-state index in [1.54, 1.807) is 0 Å². The molecule has 0 fully saturated rings.